The second-order valence-corrected chi connectivity index (χ2v) is 3.02. The lowest BCUT2D eigenvalue weighted by Crippen LogP contribution is -1.93. The molecule has 0 amide bonds. The molecule has 1 aromatic rings. The number of carboxylic acids is 1. The zero-order chi connectivity index (χ0) is 13.6. The molecule has 8 nitrogen and oxygen atoms in total. The van der Waals surface area contributed by atoms with E-state index < -0.39 is 32.2 Å². The van der Waals surface area contributed by atoms with Gasteiger partial charge in [0.15, 0.2) is 5.02 Å². The first-order chi connectivity index (χ1) is 7.77. The van der Waals surface area contributed by atoms with Crippen molar-refractivity contribution in [3.05, 3.63) is 43.5 Å². The van der Waals surface area contributed by atoms with Gasteiger partial charge in [-0.25, -0.2) is 0 Å². The summed E-state index contributed by atoms with van der Waals surface area (Å²) in [4.78, 5) is 28.1. The van der Waals surface area contributed by atoms with E-state index in [1.165, 1.54) is 6.07 Å². The molecule has 0 heterocycles. The number of benzene rings is 1. The summed E-state index contributed by atoms with van der Waals surface area (Å²) < 4.78 is 0. The van der Waals surface area contributed by atoms with Gasteiger partial charge in [-0.05, 0) is 6.07 Å². The van der Waals surface area contributed by atoms with Gasteiger partial charge in [-0.15, -0.1) is 0 Å². The van der Waals surface area contributed by atoms with Gasteiger partial charge in [0, 0.05) is 19.1 Å². The number of nitrogens with zero attached hydrogens (tertiary/aromatic N) is 2. The van der Waals surface area contributed by atoms with E-state index in [2.05, 4.69) is 0 Å². The summed E-state index contributed by atoms with van der Waals surface area (Å²) in [6.07, 6.45) is 0. The van der Waals surface area contributed by atoms with Crippen molar-refractivity contribution in [1.82, 2.24) is 0 Å². The molecule has 0 saturated heterocycles. The SMILES string of the molecule is CC(=O)O.O=[N+]([O-])c1cccc([N+](=O)[O-])c1Cl. The molecule has 0 atom stereocenters. The van der Waals surface area contributed by atoms with Gasteiger partial charge >= 0.3 is 0 Å². The standard InChI is InChI=1S/C6H3ClN2O4.C2H4O2/c7-6-4(8(10)11)2-1-3-5(6)9(12)13;1-2(3)4/h1-3H;1H3,(H,3,4). The number of hydrogen-bond acceptors (Lipinski definition) is 5. The van der Waals surface area contributed by atoms with Crippen molar-refractivity contribution in [1.29, 1.82) is 0 Å². The van der Waals surface area contributed by atoms with E-state index in [4.69, 9.17) is 21.5 Å². The van der Waals surface area contributed by atoms with Crippen molar-refractivity contribution in [2.75, 3.05) is 0 Å². The van der Waals surface area contributed by atoms with Crippen molar-refractivity contribution >= 4 is 28.9 Å². The Morgan fingerprint density at radius 2 is 1.53 bits per heavy atom. The smallest absolute Gasteiger partial charge is 0.300 e. The molecule has 92 valence electrons. The molecule has 0 aromatic heterocycles. The first-order valence-corrected chi connectivity index (χ1v) is 4.42. The van der Waals surface area contributed by atoms with Gasteiger partial charge < -0.3 is 5.11 Å². The summed E-state index contributed by atoms with van der Waals surface area (Å²) in [7, 11) is 0. The number of carboxylic acid groups (broad SMARTS) is 1. The Bertz CT molecular complexity index is 425. The normalized spacial score (nSPS) is 8.82. The van der Waals surface area contributed by atoms with Crippen molar-refractivity contribution in [2.24, 2.45) is 0 Å². The first kappa shape index (κ1) is 14.8. The van der Waals surface area contributed by atoms with Crippen LogP contribution in [0.2, 0.25) is 5.02 Å². The van der Waals surface area contributed by atoms with E-state index in [1.54, 1.807) is 0 Å². The summed E-state index contributed by atoms with van der Waals surface area (Å²) in [5, 5.41) is 27.6. The third kappa shape index (κ3) is 4.89. The van der Waals surface area contributed by atoms with Gasteiger partial charge in [0.05, 0.1) is 9.85 Å². The third-order valence-corrected chi connectivity index (χ3v) is 1.74. The van der Waals surface area contributed by atoms with E-state index in [0.29, 0.717) is 0 Å². The molecule has 1 N–H and O–H groups in total. The van der Waals surface area contributed by atoms with E-state index >= 15 is 0 Å². The Morgan fingerprint density at radius 3 is 1.76 bits per heavy atom. The summed E-state index contributed by atoms with van der Waals surface area (Å²) in [5.41, 5.74) is -0.924. The van der Waals surface area contributed by atoms with Crippen LogP contribution in [0.4, 0.5) is 11.4 Å². The molecule has 0 aliphatic heterocycles. The van der Waals surface area contributed by atoms with Crippen LogP contribution in [0.5, 0.6) is 0 Å². The van der Waals surface area contributed by atoms with Crippen LogP contribution in [0.3, 0.4) is 0 Å². The number of rotatable bonds is 2. The zero-order valence-corrected chi connectivity index (χ0v) is 9.25. The van der Waals surface area contributed by atoms with Crippen LogP contribution in [0.15, 0.2) is 18.2 Å². The molecular formula is C8H7ClN2O6. The molecular weight excluding hydrogens is 256 g/mol. The number of aliphatic carboxylic acids is 1. The minimum atomic E-state index is -0.833. The van der Waals surface area contributed by atoms with Gasteiger partial charge in [0.2, 0.25) is 0 Å². The largest absolute Gasteiger partial charge is 0.481 e. The Hall–Kier alpha value is -2.22. The fraction of sp³-hybridized carbons (Fsp3) is 0.125. The summed E-state index contributed by atoms with van der Waals surface area (Å²) >= 11 is 5.42. The molecule has 0 aliphatic rings. The van der Waals surface area contributed by atoms with E-state index in [9.17, 15) is 20.2 Å². The lowest BCUT2D eigenvalue weighted by atomic mass is 10.3. The van der Waals surface area contributed by atoms with Crippen molar-refractivity contribution < 1.29 is 19.7 Å². The predicted octanol–water partition coefficient (Wildman–Crippen LogP) is 2.25. The average Bonchev–Trinajstić information content (AvgIpc) is 2.15. The van der Waals surface area contributed by atoms with Crippen LogP contribution in [0.1, 0.15) is 6.92 Å². The molecule has 1 aromatic carbocycles. The average molecular weight is 263 g/mol. The van der Waals surface area contributed by atoms with Crippen molar-refractivity contribution in [3.63, 3.8) is 0 Å². The Balaban J connectivity index is 0.000000557. The second-order valence-electron chi connectivity index (χ2n) is 2.64. The predicted molar refractivity (Wildman–Crippen MR) is 58.1 cm³/mol. The Labute approximate surface area is 99.7 Å². The highest BCUT2D eigenvalue weighted by atomic mass is 35.5. The number of hydrogen-bond donors (Lipinski definition) is 1. The fourth-order valence-corrected chi connectivity index (χ4v) is 1.05. The Morgan fingerprint density at radius 1 is 1.24 bits per heavy atom. The van der Waals surface area contributed by atoms with Gasteiger partial charge in [0.25, 0.3) is 17.3 Å². The number of nitro benzene ring substituents is 2. The maximum absolute atomic E-state index is 10.3. The van der Waals surface area contributed by atoms with Crippen LogP contribution in [0, 0.1) is 20.2 Å². The third-order valence-electron chi connectivity index (χ3n) is 1.35. The van der Waals surface area contributed by atoms with Gasteiger partial charge in [-0.2, -0.15) is 0 Å². The van der Waals surface area contributed by atoms with E-state index in [-0.39, 0.29) is 0 Å². The Kier molecular flexibility index (Phi) is 5.55. The molecule has 0 bridgehead atoms. The van der Waals surface area contributed by atoms with Gasteiger partial charge in [-0.1, -0.05) is 11.6 Å². The van der Waals surface area contributed by atoms with Gasteiger partial charge in [-0.3, -0.25) is 25.0 Å². The maximum atomic E-state index is 10.3. The molecule has 1 rings (SSSR count). The minimum absolute atomic E-state index is 0.447. The van der Waals surface area contributed by atoms with Crippen LogP contribution in [0.25, 0.3) is 0 Å². The molecule has 0 saturated carbocycles. The van der Waals surface area contributed by atoms with Crippen LogP contribution in [-0.4, -0.2) is 20.9 Å². The van der Waals surface area contributed by atoms with E-state index in [1.807, 2.05) is 0 Å². The molecule has 0 radical (unpaired) electrons. The fourth-order valence-electron chi connectivity index (χ4n) is 0.790. The molecule has 0 fully saturated rings. The summed E-state index contributed by atoms with van der Waals surface area (Å²) in [6.45, 7) is 1.08. The highest BCUT2D eigenvalue weighted by Gasteiger charge is 2.22. The van der Waals surface area contributed by atoms with Crippen molar-refractivity contribution in [2.45, 2.75) is 6.92 Å². The van der Waals surface area contributed by atoms with Gasteiger partial charge in [0.1, 0.15) is 0 Å². The van der Waals surface area contributed by atoms with Crippen LogP contribution >= 0.6 is 11.6 Å². The highest BCUT2D eigenvalue weighted by molar-refractivity contribution is 6.34. The molecule has 9 heteroatoms. The lowest BCUT2D eigenvalue weighted by molar-refractivity contribution is -0.393. The van der Waals surface area contributed by atoms with Crippen LogP contribution < -0.4 is 0 Å². The summed E-state index contributed by atoms with van der Waals surface area (Å²) in [5.74, 6) is -0.833. The number of halogens is 1. The second kappa shape index (κ2) is 6.38. The maximum Gasteiger partial charge on any atom is 0.300 e. The number of carbonyl (C=O) groups is 1. The molecule has 0 unspecified atom stereocenters. The van der Waals surface area contributed by atoms with Crippen LogP contribution in [-0.2, 0) is 4.79 Å². The quantitative estimate of drug-likeness (QED) is 0.644. The monoisotopic (exact) mass is 262 g/mol. The summed E-state index contributed by atoms with van der Waals surface area (Å²) in [6, 6.07) is 3.42. The lowest BCUT2D eigenvalue weighted by Gasteiger charge is -1.95. The highest BCUT2D eigenvalue weighted by Crippen LogP contribution is 2.32. The molecule has 0 spiro atoms. The first-order valence-electron chi connectivity index (χ1n) is 4.04. The molecule has 0 aliphatic carbocycles. The topological polar surface area (TPSA) is 124 Å². The zero-order valence-electron chi connectivity index (χ0n) is 8.49. The minimum Gasteiger partial charge on any atom is -0.481 e. The molecule has 17 heavy (non-hydrogen) atoms. The van der Waals surface area contributed by atoms with Crippen molar-refractivity contribution in [3.8, 4) is 0 Å². The number of nitro groups is 2. The van der Waals surface area contributed by atoms with E-state index in [0.717, 1.165) is 19.1 Å².